The van der Waals surface area contributed by atoms with Crippen molar-refractivity contribution in [2.45, 2.75) is 25.8 Å². The Bertz CT molecular complexity index is 356. The van der Waals surface area contributed by atoms with Gasteiger partial charge in [-0.2, -0.15) is 0 Å². The highest BCUT2D eigenvalue weighted by molar-refractivity contribution is 9.10. The van der Waals surface area contributed by atoms with Crippen molar-refractivity contribution in [1.82, 2.24) is 9.97 Å². The number of hydrazine groups is 1. The van der Waals surface area contributed by atoms with Gasteiger partial charge in [0.1, 0.15) is 16.6 Å². The van der Waals surface area contributed by atoms with Crippen LogP contribution in [-0.2, 0) is 0 Å². The van der Waals surface area contributed by atoms with E-state index in [1.165, 1.54) is 6.33 Å². The number of aromatic nitrogens is 2. The van der Waals surface area contributed by atoms with Gasteiger partial charge in [0.25, 0.3) is 0 Å². The zero-order valence-corrected chi connectivity index (χ0v) is 10.9. The average Bonchev–Trinajstić information content (AvgIpc) is 2.32. The fourth-order valence-corrected chi connectivity index (χ4v) is 1.50. The molecule has 7 heteroatoms. The van der Waals surface area contributed by atoms with Gasteiger partial charge in [-0.15, -0.1) is 0 Å². The van der Waals surface area contributed by atoms with Gasteiger partial charge in [-0.05, 0) is 29.3 Å². The van der Waals surface area contributed by atoms with Crippen molar-refractivity contribution in [3.63, 3.8) is 0 Å². The number of rotatable bonds is 5. The minimum Gasteiger partial charge on any atom is -0.394 e. The maximum absolute atomic E-state index is 9.30. The first kappa shape index (κ1) is 13.1. The van der Waals surface area contributed by atoms with Crippen molar-refractivity contribution in [2.24, 2.45) is 5.84 Å². The number of hydrogen-bond donors (Lipinski definition) is 4. The van der Waals surface area contributed by atoms with Gasteiger partial charge >= 0.3 is 0 Å². The molecule has 0 bridgehead atoms. The van der Waals surface area contributed by atoms with E-state index in [1.54, 1.807) is 0 Å². The number of nitrogens with one attached hydrogen (secondary N) is 2. The Kier molecular flexibility index (Phi) is 4.45. The predicted octanol–water partition coefficient (Wildman–Crippen LogP) is 1.10. The molecule has 1 atom stereocenters. The van der Waals surface area contributed by atoms with E-state index in [9.17, 15) is 5.11 Å². The summed E-state index contributed by atoms with van der Waals surface area (Å²) in [5, 5.41) is 12.5. The van der Waals surface area contributed by atoms with Crippen molar-refractivity contribution >= 4 is 27.6 Å². The molecule has 0 saturated heterocycles. The molecule has 6 nitrogen and oxygen atoms in total. The largest absolute Gasteiger partial charge is 0.394 e. The third-order valence-electron chi connectivity index (χ3n) is 2.48. The SMILES string of the molecule is CCC(C)(CO)Nc1ncnc(NN)c1Br. The summed E-state index contributed by atoms with van der Waals surface area (Å²) < 4.78 is 0.644. The van der Waals surface area contributed by atoms with E-state index in [4.69, 9.17) is 5.84 Å². The number of anilines is 2. The van der Waals surface area contributed by atoms with Crippen LogP contribution < -0.4 is 16.6 Å². The summed E-state index contributed by atoms with van der Waals surface area (Å²) >= 11 is 3.34. The molecular weight excluding hydrogens is 274 g/mol. The Morgan fingerprint density at radius 1 is 1.50 bits per heavy atom. The number of aliphatic hydroxyl groups excluding tert-OH is 1. The lowest BCUT2D eigenvalue weighted by Crippen LogP contribution is -2.38. The smallest absolute Gasteiger partial charge is 0.159 e. The first-order chi connectivity index (χ1) is 7.56. The molecule has 0 saturated carbocycles. The third kappa shape index (κ3) is 2.81. The zero-order valence-electron chi connectivity index (χ0n) is 9.29. The molecule has 0 aliphatic carbocycles. The molecule has 0 aliphatic heterocycles. The van der Waals surface area contributed by atoms with Gasteiger partial charge in [0, 0.05) is 0 Å². The van der Waals surface area contributed by atoms with Crippen LogP contribution in [0.4, 0.5) is 11.6 Å². The van der Waals surface area contributed by atoms with Crippen LogP contribution in [0.1, 0.15) is 20.3 Å². The molecule has 1 aromatic heterocycles. The van der Waals surface area contributed by atoms with E-state index in [0.29, 0.717) is 16.1 Å². The minimum atomic E-state index is -0.414. The topological polar surface area (TPSA) is 96.1 Å². The fourth-order valence-electron chi connectivity index (χ4n) is 1.08. The monoisotopic (exact) mass is 289 g/mol. The molecule has 0 aliphatic rings. The van der Waals surface area contributed by atoms with Gasteiger partial charge in [-0.3, -0.25) is 0 Å². The van der Waals surface area contributed by atoms with Gasteiger partial charge in [0.05, 0.1) is 12.1 Å². The molecule has 1 heterocycles. The van der Waals surface area contributed by atoms with Gasteiger partial charge < -0.3 is 15.8 Å². The quantitative estimate of drug-likeness (QED) is 0.479. The summed E-state index contributed by atoms with van der Waals surface area (Å²) in [4.78, 5) is 8.03. The van der Waals surface area contributed by atoms with E-state index in [-0.39, 0.29) is 6.61 Å². The molecule has 16 heavy (non-hydrogen) atoms. The van der Waals surface area contributed by atoms with Crippen LogP contribution in [-0.4, -0.2) is 27.2 Å². The Morgan fingerprint density at radius 2 is 2.12 bits per heavy atom. The maximum Gasteiger partial charge on any atom is 0.159 e. The molecule has 0 amide bonds. The molecule has 0 aromatic carbocycles. The standard InChI is InChI=1S/C9H16BrN5O/c1-3-9(2,4-16)14-7-6(10)8(15-11)13-5-12-7/h5,16H,3-4,11H2,1-2H3,(H2,12,13,14,15). The lowest BCUT2D eigenvalue weighted by Gasteiger charge is -2.28. The number of aliphatic hydroxyl groups is 1. The summed E-state index contributed by atoms with van der Waals surface area (Å²) in [5.74, 6) is 6.39. The lowest BCUT2D eigenvalue weighted by atomic mass is 10.0. The number of nitrogens with zero attached hydrogens (tertiary/aromatic N) is 2. The van der Waals surface area contributed by atoms with Crippen molar-refractivity contribution in [1.29, 1.82) is 0 Å². The molecule has 1 aromatic rings. The van der Waals surface area contributed by atoms with Gasteiger partial charge in [0.2, 0.25) is 0 Å². The van der Waals surface area contributed by atoms with Crippen LogP contribution in [0.2, 0.25) is 0 Å². The normalized spacial score (nSPS) is 14.3. The van der Waals surface area contributed by atoms with Crippen molar-refractivity contribution in [3.8, 4) is 0 Å². The molecular formula is C9H16BrN5O. The van der Waals surface area contributed by atoms with Crippen LogP contribution in [0.3, 0.4) is 0 Å². The van der Waals surface area contributed by atoms with Crippen molar-refractivity contribution < 1.29 is 5.11 Å². The second kappa shape index (κ2) is 5.42. The molecule has 1 unspecified atom stereocenters. The average molecular weight is 290 g/mol. The maximum atomic E-state index is 9.30. The van der Waals surface area contributed by atoms with Crippen LogP contribution in [0.15, 0.2) is 10.8 Å². The summed E-state index contributed by atoms with van der Waals surface area (Å²) in [5.41, 5.74) is 2.04. The first-order valence-corrected chi connectivity index (χ1v) is 5.71. The van der Waals surface area contributed by atoms with Crippen molar-refractivity contribution in [3.05, 3.63) is 10.8 Å². The summed E-state index contributed by atoms with van der Waals surface area (Å²) in [6.45, 7) is 3.92. The highest BCUT2D eigenvalue weighted by atomic mass is 79.9. The molecule has 5 N–H and O–H groups in total. The van der Waals surface area contributed by atoms with E-state index >= 15 is 0 Å². The Balaban J connectivity index is 2.97. The lowest BCUT2D eigenvalue weighted by molar-refractivity contribution is 0.218. The fraction of sp³-hybridized carbons (Fsp3) is 0.556. The zero-order chi connectivity index (χ0) is 12.2. The second-order valence-corrected chi connectivity index (χ2v) is 4.52. The Morgan fingerprint density at radius 3 is 2.62 bits per heavy atom. The molecule has 0 radical (unpaired) electrons. The van der Waals surface area contributed by atoms with Gasteiger partial charge in [-0.25, -0.2) is 15.8 Å². The number of nitrogen functional groups attached to an aromatic ring is 1. The van der Waals surface area contributed by atoms with E-state index in [0.717, 1.165) is 6.42 Å². The highest BCUT2D eigenvalue weighted by Crippen LogP contribution is 2.28. The van der Waals surface area contributed by atoms with E-state index in [1.807, 2.05) is 13.8 Å². The number of halogens is 1. The molecule has 0 fully saturated rings. The third-order valence-corrected chi connectivity index (χ3v) is 3.23. The first-order valence-electron chi connectivity index (χ1n) is 4.92. The molecule has 1 rings (SSSR count). The van der Waals surface area contributed by atoms with E-state index < -0.39 is 5.54 Å². The number of nitrogens with two attached hydrogens (primary N) is 1. The predicted molar refractivity (Wildman–Crippen MR) is 66.9 cm³/mol. The Hall–Kier alpha value is -0.920. The summed E-state index contributed by atoms with van der Waals surface area (Å²) in [6, 6.07) is 0. The van der Waals surface area contributed by atoms with Crippen LogP contribution in [0.5, 0.6) is 0 Å². The van der Waals surface area contributed by atoms with Crippen LogP contribution in [0, 0.1) is 0 Å². The van der Waals surface area contributed by atoms with Crippen LogP contribution in [0.25, 0.3) is 0 Å². The van der Waals surface area contributed by atoms with Gasteiger partial charge in [-0.1, -0.05) is 6.92 Å². The summed E-state index contributed by atoms with van der Waals surface area (Å²) in [6.07, 6.45) is 2.17. The molecule has 0 spiro atoms. The van der Waals surface area contributed by atoms with Crippen LogP contribution >= 0.6 is 15.9 Å². The second-order valence-electron chi connectivity index (χ2n) is 3.73. The summed E-state index contributed by atoms with van der Waals surface area (Å²) in [7, 11) is 0. The number of hydrogen-bond acceptors (Lipinski definition) is 6. The highest BCUT2D eigenvalue weighted by Gasteiger charge is 2.22. The van der Waals surface area contributed by atoms with E-state index in [2.05, 4.69) is 36.6 Å². The van der Waals surface area contributed by atoms with Gasteiger partial charge in [0.15, 0.2) is 5.82 Å². The Labute approximate surface area is 103 Å². The van der Waals surface area contributed by atoms with Crippen molar-refractivity contribution in [2.75, 3.05) is 17.3 Å². The minimum absolute atomic E-state index is 0.0192. The molecule has 90 valence electrons.